The maximum atomic E-state index is 7.55. The number of thioether (sulfide) groups is 1. The number of fused-ring (bicyclic) bond motifs is 1. The van der Waals surface area contributed by atoms with Crippen molar-refractivity contribution in [2.24, 2.45) is 5.73 Å². The Morgan fingerprint density at radius 1 is 1.33 bits per heavy atom. The van der Waals surface area contributed by atoms with E-state index in [1.165, 1.54) is 11.3 Å². The Morgan fingerprint density at radius 3 is 2.95 bits per heavy atom. The van der Waals surface area contributed by atoms with Crippen molar-refractivity contribution in [2.75, 3.05) is 11.6 Å². The maximum Gasteiger partial charge on any atom is 0.133 e. The third-order valence-corrected chi connectivity index (χ3v) is 5.33. The van der Waals surface area contributed by atoms with Crippen LogP contribution in [0, 0.1) is 5.41 Å². The minimum absolute atomic E-state index is 0.103. The van der Waals surface area contributed by atoms with E-state index >= 15 is 0 Å². The number of aromatic nitrogens is 1. The van der Waals surface area contributed by atoms with Gasteiger partial charge in [0.05, 0.1) is 20.3 Å². The van der Waals surface area contributed by atoms with Crippen LogP contribution in [-0.2, 0) is 0 Å². The molecule has 2 heterocycles. The molecule has 0 radical (unpaired) electrons. The normalized spacial score (nSPS) is 10.7. The van der Waals surface area contributed by atoms with E-state index in [9.17, 15) is 0 Å². The van der Waals surface area contributed by atoms with E-state index in [2.05, 4.69) is 16.4 Å². The molecule has 0 saturated heterocycles. The smallest absolute Gasteiger partial charge is 0.133 e. The van der Waals surface area contributed by atoms with Gasteiger partial charge in [0, 0.05) is 17.3 Å². The fraction of sp³-hybridized carbons (Fsp3) is 0.0667. The Balaban J connectivity index is 1.96. The Morgan fingerprint density at radius 2 is 2.19 bits per heavy atom. The molecule has 0 atom stereocenters. The van der Waals surface area contributed by atoms with Crippen molar-refractivity contribution in [2.45, 2.75) is 4.21 Å². The van der Waals surface area contributed by atoms with E-state index < -0.39 is 0 Å². The molecule has 6 heteroatoms. The van der Waals surface area contributed by atoms with Gasteiger partial charge in [-0.2, -0.15) is 0 Å². The van der Waals surface area contributed by atoms with Gasteiger partial charge in [-0.15, -0.1) is 23.1 Å². The van der Waals surface area contributed by atoms with Crippen LogP contribution in [0.15, 0.2) is 46.8 Å². The highest BCUT2D eigenvalue weighted by Gasteiger charge is 2.10. The predicted octanol–water partition coefficient (Wildman–Crippen LogP) is 4.05. The Hall–Kier alpha value is -2.05. The van der Waals surface area contributed by atoms with Crippen LogP contribution in [0.4, 0.5) is 11.4 Å². The minimum atomic E-state index is 0.103. The Bertz CT molecular complexity index is 810. The standard InChI is InChI=1S/C15H14N4S2/c1-20-15-12(8-13(21-15)14(16)17)19-10-4-5-11-9(7-10)3-2-6-18-11/h2-8,19H,1H3,(H3,16,17). The van der Waals surface area contributed by atoms with Crippen LogP contribution < -0.4 is 11.1 Å². The molecule has 21 heavy (non-hydrogen) atoms. The van der Waals surface area contributed by atoms with Crippen molar-refractivity contribution >= 4 is 51.2 Å². The molecule has 3 rings (SSSR count). The summed E-state index contributed by atoms with van der Waals surface area (Å²) < 4.78 is 1.12. The summed E-state index contributed by atoms with van der Waals surface area (Å²) in [4.78, 5) is 5.10. The SMILES string of the molecule is CSc1sc(C(=N)N)cc1Nc1ccc2ncccc2c1. The first-order valence-corrected chi connectivity index (χ1v) is 8.35. The third-order valence-electron chi connectivity index (χ3n) is 3.03. The first-order chi connectivity index (χ1) is 10.2. The average molecular weight is 314 g/mol. The lowest BCUT2D eigenvalue weighted by Crippen LogP contribution is -2.08. The fourth-order valence-corrected chi connectivity index (χ4v) is 3.69. The van der Waals surface area contributed by atoms with Crippen molar-refractivity contribution in [3.8, 4) is 0 Å². The molecule has 0 amide bonds. The average Bonchev–Trinajstić information content (AvgIpc) is 2.90. The largest absolute Gasteiger partial charge is 0.383 e. The second-order valence-corrected chi connectivity index (χ2v) is 6.59. The van der Waals surface area contributed by atoms with Crippen LogP contribution in [0.25, 0.3) is 10.9 Å². The molecule has 0 aliphatic heterocycles. The quantitative estimate of drug-likeness (QED) is 0.386. The van der Waals surface area contributed by atoms with Gasteiger partial charge in [0.1, 0.15) is 5.84 Å². The molecular formula is C15H14N4S2. The summed E-state index contributed by atoms with van der Waals surface area (Å²) in [5.41, 5.74) is 8.53. The highest BCUT2D eigenvalue weighted by atomic mass is 32.2. The van der Waals surface area contributed by atoms with Gasteiger partial charge in [-0.25, -0.2) is 0 Å². The summed E-state index contributed by atoms with van der Waals surface area (Å²) in [6.07, 6.45) is 3.81. The monoisotopic (exact) mass is 314 g/mol. The molecule has 3 aromatic rings. The Labute approximate surface area is 130 Å². The molecular weight excluding hydrogens is 300 g/mol. The van der Waals surface area contributed by atoms with Crippen LogP contribution in [0.1, 0.15) is 4.88 Å². The molecule has 2 aromatic heterocycles. The molecule has 0 unspecified atom stereocenters. The summed E-state index contributed by atoms with van der Waals surface area (Å²) in [5.74, 6) is 0.103. The number of rotatable bonds is 4. The van der Waals surface area contributed by atoms with Crippen molar-refractivity contribution in [1.29, 1.82) is 5.41 Å². The lowest BCUT2D eigenvalue weighted by Gasteiger charge is -2.07. The van der Waals surface area contributed by atoms with Gasteiger partial charge in [0.25, 0.3) is 0 Å². The number of pyridine rings is 1. The van der Waals surface area contributed by atoms with E-state index in [0.717, 1.165) is 31.4 Å². The third kappa shape index (κ3) is 2.86. The molecule has 0 fully saturated rings. The zero-order valence-corrected chi connectivity index (χ0v) is 13.0. The number of anilines is 2. The highest BCUT2D eigenvalue weighted by molar-refractivity contribution is 8.00. The fourth-order valence-electron chi connectivity index (χ4n) is 2.05. The molecule has 1 aromatic carbocycles. The van der Waals surface area contributed by atoms with Crippen LogP contribution in [-0.4, -0.2) is 17.1 Å². The Kier molecular flexibility index (Phi) is 3.81. The summed E-state index contributed by atoms with van der Waals surface area (Å²) in [7, 11) is 0. The van der Waals surface area contributed by atoms with E-state index in [-0.39, 0.29) is 5.84 Å². The summed E-state index contributed by atoms with van der Waals surface area (Å²) in [5, 5.41) is 12.0. The number of amidine groups is 1. The van der Waals surface area contributed by atoms with E-state index in [4.69, 9.17) is 11.1 Å². The maximum absolute atomic E-state index is 7.55. The summed E-state index contributed by atoms with van der Waals surface area (Å²) >= 11 is 3.18. The number of nitrogen functional groups attached to an aromatic ring is 1. The number of nitrogens with zero attached hydrogens (tertiary/aromatic N) is 1. The lowest BCUT2D eigenvalue weighted by atomic mass is 10.2. The number of nitrogens with one attached hydrogen (secondary N) is 2. The predicted molar refractivity (Wildman–Crippen MR) is 92.1 cm³/mol. The first-order valence-electron chi connectivity index (χ1n) is 6.31. The van der Waals surface area contributed by atoms with E-state index in [1.54, 1.807) is 18.0 Å². The van der Waals surface area contributed by atoms with Gasteiger partial charge < -0.3 is 11.1 Å². The summed E-state index contributed by atoms with van der Waals surface area (Å²) in [6, 6.07) is 12.0. The van der Waals surface area contributed by atoms with E-state index in [0.29, 0.717) is 0 Å². The van der Waals surface area contributed by atoms with Gasteiger partial charge in [-0.1, -0.05) is 6.07 Å². The van der Waals surface area contributed by atoms with Crippen LogP contribution >= 0.6 is 23.1 Å². The van der Waals surface area contributed by atoms with Crippen LogP contribution in [0.2, 0.25) is 0 Å². The molecule has 4 N–H and O–H groups in total. The van der Waals surface area contributed by atoms with Crippen molar-refractivity contribution in [3.05, 3.63) is 47.5 Å². The number of hydrogen-bond acceptors (Lipinski definition) is 5. The van der Waals surface area contributed by atoms with Gasteiger partial charge in [0.2, 0.25) is 0 Å². The number of nitrogens with two attached hydrogens (primary N) is 1. The summed E-state index contributed by atoms with van der Waals surface area (Å²) in [6.45, 7) is 0. The molecule has 0 saturated carbocycles. The zero-order chi connectivity index (χ0) is 14.8. The second-order valence-electron chi connectivity index (χ2n) is 4.47. The molecule has 0 bridgehead atoms. The number of benzene rings is 1. The van der Waals surface area contributed by atoms with Gasteiger partial charge in [0.15, 0.2) is 0 Å². The molecule has 0 spiro atoms. The number of hydrogen-bond donors (Lipinski definition) is 3. The molecule has 4 nitrogen and oxygen atoms in total. The topological polar surface area (TPSA) is 74.8 Å². The zero-order valence-electron chi connectivity index (χ0n) is 11.4. The van der Waals surface area contributed by atoms with Gasteiger partial charge >= 0.3 is 0 Å². The second kappa shape index (κ2) is 5.75. The van der Waals surface area contributed by atoms with Crippen molar-refractivity contribution in [3.63, 3.8) is 0 Å². The highest BCUT2D eigenvalue weighted by Crippen LogP contribution is 2.36. The van der Waals surface area contributed by atoms with Crippen molar-refractivity contribution in [1.82, 2.24) is 4.98 Å². The van der Waals surface area contributed by atoms with Gasteiger partial charge in [-0.3, -0.25) is 10.4 Å². The minimum Gasteiger partial charge on any atom is -0.383 e. The van der Waals surface area contributed by atoms with Crippen LogP contribution in [0.3, 0.4) is 0 Å². The first kappa shape index (κ1) is 13.9. The lowest BCUT2D eigenvalue weighted by molar-refractivity contribution is 1.41. The van der Waals surface area contributed by atoms with Gasteiger partial charge in [-0.05, 0) is 36.6 Å². The van der Waals surface area contributed by atoms with Crippen molar-refractivity contribution < 1.29 is 0 Å². The number of thiophene rings is 1. The molecule has 0 aliphatic rings. The van der Waals surface area contributed by atoms with E-state index in [1.807, 2.05) is 36.6 Å². The molecule has 0 aliphatic carbocycles. The molecule has 106 valence electrons. The van der Waals surface area contributed by atoms with Crippen LogP contribution in [0.5, 0.6) is 0 Å².